The number of nitrogens with zero attached hydrogens (tertiary/aromatic N) is 4. The summed E-state index contributed by atoms with van der Waals surface area (Å²) in [7, 11) is 0. The third-order valence-corrected chi connectivity index (χ3v) is 4.47. The highest BCUT2D eigenvalue weighted by molar-refractivity contribution is 6.30. The Hall–Kier alpha value is -3.18. The van der Waals surface area contributed by atoms with Crippen LogP contribution in [0, 0.1) is 6.92 Å². The number of halogens is 1. The maximum Gasteiger partial charge on any atom is 0.227 e. The molecular weight excluding hydrogens is 358 g/mol. The van der Waals surface area contributed by atoms with Gasteiger partial charge in [-0.15, -0.1) is 0 Å². The monoisotopic (exact) mass is 375 g/mol. The van der Waals surface area contributed by atoms with Gasteiger partial charge in [-0.1, -0.05) is 48.0 Å². The number of hydrogen-bond acceptors (Lipinski definition) is 4. The average Bonchev–Trinajstić information content (AvgIpc) is 3.03. The molecule has 0 amide bonds. The molecule has 0 spiro atoms. The lowest BCUT2D eigenvalue weighted by Gasteiger charge is -2.11. The van der Waals surface area contributed by atoms with Gasteiger partial charge in [0.15, 0.2) is 0 Å². The van der Waals surface area contributed by atoms with E-state index in [4.69, 9.17) is 11.6 Å². The number of aromatic nitrogens is 4. The molecule has 0 bridgehead atoms. The van der Waals surface area contributed by atoms with Crippen molar-refractivity contribution in [2.75, 3.05) is 5.32 Å². The first kappa shape index (κ1) is 17.2. The van der Waals surface area contributed by atoms with Crippen LogP contribution in [0.4, 0.5) is 11.6 Å². The Labute approximate surface area is 162 Å². The molecule has 4 aromatic rings. The van der Waals surface area contributed by atoms with Crippen molar-refractivity contribution in [3.63, 3.8) is 0 Å². The molecule has 0 aliphatic heterocycles. The number of nitrogens with one attached hydrogen (secondary N) is 1. The Balaban J connectivity index is 1.64. The maximum absolute atomic E-state index is 6.05. The fourth-order valence-electron chi connectivity index (χ4n) is 2.90. The van der Waals surface area contributed by atoms with E-state index in [0.717, 1.165) is 29.4 Å². The lowest BCUT2D eigenvalue weighted by atomic mass is 10.2. The fourth-order valence-corrected chi connectivity index (χ4v) is 3.09. The summed E-state index contributed by atoms with van der Waals surface area (Å²) in [5, 5.41) is 3.85. The van der Waals surface area contributed by atoms with Crippen molar-refractivity contribution in [3.05, 3.63) is 89.5 Å². The highest BCUT2D eigenvalue weighted by atomic mass is 35.5. The molecule has 0 radical (unpaired) electrons. The maximum atomic E-state index is 6.05. The fraction of sp³-hybridized carbons (Fsp3) is 0.0952. The minimum atomic E-state index is 0.514. The molecule has 0 fully saturated rings. The molecule has 4 rings (SSSR count). The zero-order valence-corrected chi connectivity index (χ0v) is 15.6. The number of benzene rings is 2. The zero-order valence-electron chi connectivity index (χ0n) is 14.8. The Morgan fingerprint density at radius 3 is 2.67 bits per heavy atom. The summed E-state index contributed by atoms with van der Waals surface area (Å²) < 4.78 is 2.15. The highest BCUT2D eigenvalue weighted by Crippen LogP contribution is 2.23. The van der Waals surface area contributed by atoms with Crippen LogP contribution in [0.25, 0.3) is 11.4 Å². The molecule has 0 saturated carbocycles. The quantitative estimate of drug-likeness (QED) is 0.527. The van der Waals surface area contributed by atoms with Crippen LogP contribution < -0.4 is 5.32 Å². The van der Waals surface area contributed by atoms with E-state index in [1.54, 1.807) is 6.20 Å². The van der Waals surface area contributed by atoms with Crippen molar-refractivity contribution in [2.45, 2.75) is 13.5 Å². The van der Waals surface area contributed by atoms with Gasteiger partial charge in [0, 0.05) is 23.5 Å². The second-order valence-electron chi connectivity index (χ2n) is 6.16. The van der Waals surface area contributed by atoms with Crippen LogP contribution in [0.3, 0.4) is 0 Å². The first-order chi connectivity index (χ1) is 13.2. The van der Waals surface area contributed by atoms with Crippen LogP contribution >= 0.6 is 11.6 Å². The van der Waals surface area contributed by atoms with E-state index in [0.29, 0.717) is 11.0 Å². The summed E-state index contributed by atoms with van der Waals surface area (Å²) in [6, 6.07) is 19.7. The van der Waals surface area contributed by atoms with Crippen molar-refractivity contribution in [1.29, 1.82) is 0 Å². The Kier molecular flexibility index (Phi) is 4.85. The summed E-state index contributed by atoms with van der Waals surface area (Å²) in [6.45, 7) is 2.74. The summed E-state index contributed by atoms with van der Waals surface area (Å²) >= 11 is 6.05. The van der Waals surface area contributed by atoms with Crippen molar-refractivity contribution in [1.82, 2.24) is 19.5 Å². The van der Waals surface area contributed by atoms with Crippen LogP contribution in [-0.4, -0.2) is 19.5 Å². The standard InChI is InChI=1S/C21H18ClN5/c1-15-24-13-20(27(15)14-16-6-3-2-4-7-16)19-10-11-23-21(26-19)25-18-9-5-8-17(22)12-18/h2-13H,14H2,1H3,(H,23,25,26). The van der Waals surface area contributed by atoms with Gasteiger partial charge in [-0.25, -0.2) is 15.0 Å². The first-order valence-corrected chi connectivity index (χ1v) is 8.99. The van der Waals surface area contributed by atoms with Gasteiger partial charge in [-0.2, -0.15) is 0 Å². The Bertz CT molecular complexity index is 1060. The normalized spacial score (nSPS) is 10.7. The van der Waals surface area contributed by atoms with Crippen molar-refractivity contribution in [3.8, 4) is 11.4 Å². The molecule has 27 heavy (non-hydrogen) atoms. The van der Waals surface area contributed by atoms with Gasteiger partial charge < -0.3 is 9.88 Å². The van der Waals surface area contributed by atoms with E-state index < -0.39 is 0 Å². The van der Waals surface area contributed by atoms with E-state index in [1.807, 2.05) is 61.7 Å². The van der Waals surface area contributed by atoms with E-state index in [9.17, 15) is 0 Å². The summed E-state index contributed by atoms with van der Waals surface area (Å²) in [6.07, 6.45) is 3.59. The van der Waals surface area contributed by atoms with Gasteiger partial charge in [0.1, 0.15) is 5.82 Å². The summed E-state index contributed by atoms with van der Waals surface area (Å²) in [5.74, 6) is 1.46. The SMILES string of the molecule is Cc1ncc(-c2ccnc(Nc3cccc(Cl)c3)n2)n1Cc1ccccc1. The lowest BCUT2D eigenvalue weighted by molar-refractivity contribution is 0.766. The molecule has 0 unspecified atom stereocenters. The van der Waals surface area contributed by atoms with Gasteiger partial charge in [0.25, 0.3) is 0 Å². The minimum absolute atomic E-state index is 0.514. The molecule has 2 aromatic heterocycles. The van der Waals surface area contributed by atoms with Crippen molar-refractivity contribution >= 4 is 23.2 Å². The van der Waals surface area contributed by atoms with Crippen LogP contribution in [0.1, 0.15) is 11.4 Å². The van der Waals surface area contributed by atoms with Gasteiger partial charge in [0.05, 0.1) is 17.6 Å². The Morgan fingerprint density at radius 1 is 1.00 bits per heavy atom. The van der Waals surface area contributed by atoms with E-state index in [2.05, 4.69) is 37.0 Å². The molecule has 5 nitrogen and oxygen atoms in total. The third-order valence-electron chi connectivity index (χ3n) is 4.24. The van der Waals surface area contributed by atoms with E-state index in [-0.39, 0.29) is 0 Å². The van der Waals surface area contributed by atoms with Crippen LogP contribution in [0.5, 0.6) is 0 Å². The molecule has 1 N–H and O–H groups in total. The van der Waals surface area contributed by atoms with Gasteiger partial charge >= 0.3 is 0 Å². The second-order valence-corrected chi connectivity index (χ2v) is 6.60. The first-order valence-electron chi connectivity index (χ1n) is 8.61. The molecule has 2 heterocycles. The summed E-state index contributed by atoms with van der Waals surface area (Å²) in [5.41, 5.74) is 3.82. The Morgan fingerprint density at radius 2 is 1.85 bits per heavy atom. The van der Waals surface area contributed by atoms with Crippen molar-refractivity contribution < 1.29 is 0 Å². The van der Waals surface area contributed by atoms with E-state index >= 15 is 0 Å². The second kappa shape index (κ2) is 7.60. The predicted octanol–water partition coefficient (Wildman–Crippen LogP) is 5.09. The minimum Gasteiger partial charge on any atom is -0.324 e. The number of imidazole rings is 1. The van der Waals surface area contributed by atoms with Gasteiger partial charge in [0.2, 0.25) is 5.95 Å². The molecular formula is C21H18ClN5. The highest BCUT2D eigenvalue weighted by Gasteiger charge is 2.12. The average molecular weight is 376 g/mol. The predicted molar refractivity (Wildman–Crippen MR) is 108 cm³/mol. The molecule has 134 valence electrons. The topological polar surface area (TPSA) is 55.6 Å². The molecule has 2 aromatic carbocycles. The largest absolute Gasteiger partial charge is 0.324 e. The van der Waals surface area contributed by atoms with Gasteiger partial charge in [-0.3, -0.25) is 0 Å². The van der Waals surface area contributed by atoms with Crippen LogP contribution in [0.2, 0.25) is 5.02 Å². The molecule has 0 aliphatic carbocycles. The lowest BCUT2D eigenvalue weighted by Crippen LogP contribution is -2.05. The number of anilines is 2. The smallest absolute Gasteiger partial charge is 0.227 e. The van der Waals surface area contributed by atoms with E-state index in [1.165, 1.54) is 5.56 Å². The third kappa shape index (κ3) is 3.99. The molecule has 6 heteroatoms. The zero-order chi connectivity index (χ0) is 18.6. The number of aryl methyl sites for hydroxylation is 1. The summed E-state index contributed by atoms with van der Waals surface area (Å²) in [4.78, 5) is 13.5. The molecule has 0 aliphatic rings. The van der Waals surface area contributed by atoms with Crippen LogP contribution in [-0.2, 0) is 6.54 Å². The molecule has 0 atom stereocenters. The molecule has 0 saturated heterocycles. The van der Waals surface area contributed by atoms with Gasteiger partial charge in [-0.05, 0) is 36.8 Å². The van der Waals surface area contributed by atoms with Crippen molar-refractivity contribution in [2.24, 2.45) is 0 Å². The number of hydrogen-bond donors (Lipinski definition) is 1. The van der Waals surface area contributed by atoms with Crippen LogP contribution in [0.15, 0.2) is 73.1 Å². The number of rotatable bonds is 5.